The Balaban J connectivity index is 0.00000144. The van der Waals surface area contributed by atoms with Gasteiger partial charge in [0.05, 0.1) is 0 Å². The van der Waals surface area contributed by atoms with Crippen molar-refractivity contribution in [2.75, 3.05) is 32.8 Å². The minimum Gasteiger partial charge on any atom is -0.486 e. The highest BCUT2D eigenvalue weighted by molar-refractivity contribution is 5.85. The Morgan fingerprint density at radius 3 is 2.73 bits per heavy atom. The first kappa shape index (κ1) is 15.4. The Hall–Kier alpha value is -1.46. The molecule has 1 saturated heterocycles. The minimum atomic E-state index is 0. The van der Waals surface area contributed by atoms with Crippen LogP contribution in [0.1, 0.15) is 17.9 Å². The third kappa shape index (κ3) is 3.01. The first-order valence-electron chi connectivity index (χ1n) is 7.69. The number of hydrogen-bond donors (Lipinski definition) is 2. The van der Waals surface area contributed by atoms with Crippen molar-refractivity contribution in [3.8, 4) is 11.5 Å². The molecule has 2 aliphatic heterocycles. The van der Waals surface area contributed by atoms with Crippen LogP contribution in [0.2, 0.25) is 0 Å². The maximum atomic E-state index is 12.1. The van der Waals surface area contributed by atoms with Crippen molar-refractivity contribution in [3.05, 3.63) is 23.8 Å². The summed E-state index contributed by atoms with van der Waals surface area (Å²) in [7, 11) is 0. The molecule has 4 rings (SSSR count). The van der Waals surface area contributed by atoms with E-state index >= 15 is 0 Å². The second kappa shape index (κ2) is 6.34. The topological polar surface area (TPSA) is 59.6 Å². The van der Waals surface area contributed by atoms with E-state index in [-0.39, 0.29) is 24.2 Å². The number of nitrogens with one attached hydrogen (secondary N) is 2. The third-order valence-corrected chi connectivity index (χ3v) is 4.55. The van der Waals surface area contributed by atoms with Gasteiger partial charge in [-0.2, -0.15) is 0 Å². The molecule has 2 atom stereocenters. The van der Waals surface area contributed by atoms with Gasteiger partial charge in [-0.1, -0.05) is 6.07 Å². The first-order chi connectivity index (χ1) is 10.3. The van der Waals surface area contributed by atoms with Crippen molar-refractivity contribution in [2.45, 2.75) is 12.3 Å². The van der Waals surface area contributed by atoms with Crippen LogP contribution >= 0.6 is 12.4 Å². The van der Waals surface area contributed by atoms with Gasteiger partial charge in [-0.25, -0.2) is 0 Å². The molecule has 0 spiro atoms. The van der Waals surface area contributed by atoms with E-state index in [0.717, 1.165) is 37.6 Å². The van der Waals surface area contributed by atoms with Crippen LogP contribution in [0.4, 0.5) is 0 Å². The fourth-order valence-electron chi connectivity index (χ4n) is 3.01. The molecule has 1 aliphatic carbocycles. The molecule has 120 valence electrons. The molecule has 6 heteroatoms. The molecule has 2 fully saturated rings. The Morgan fingerprint density at radius 1 is 1.23 bits per heavy atom. The van der Waals surface area contributed by atoms with Gasteiger partial charge >= 0.3 is 0 Å². The fourth-order valence-corrected chi connectivity index (χ4v) is 3.01. The molecule has 1 aromatic rings. The fraction of sp³-hybridized carbons (Fsp3) is 0.562. The Morgan fingerprint density at radius 2 is 2.00 bits per heavy atom. The molecule has 1 amide bonds. The highest BCUT2D eigenvalue weighted by atomic mass is 35.5. The van der Waals surface area contributed by atoms with Crippen molar-refractivity contribution in [2.24, 2.45) is 11.8 Å². The lowest BCUT2D eigenvalue weighted by atomic mass is 10.0. The molecule has 2 unspecified atom stereocenters. The smallest absolute Gasteiger partial charge is 0.223 e. The van der Waals surface area contributed by atoms with E-state index in [1.165, 1.54) is 5.56 Å². The molecule has 0 radical (unpaired) electrons. The normalized spacial score (nSPS) is 25.6. The van der Waals surface area contributed by atoms with Crippen LogP contribution in [0.15, 0.2) is 18.2 Å². The number of carbonyl (C=O) groups is 1. The van der Waals surface area contributed by atoms with Gasteiger partial charge in [-0.15, -0.1) is 12.4 Å². The molecule has 2 N–H and O–H groups in total. The summed E-state index contributed by atoms with van der Waals surface area (Å²) >= 11 is 0. The van der Waals surface area contributed by atoms with Gasteiger partial charge in [-0.3, -0.25) is 4.79 Å². The molecule has 1 saturated carbocycles. The number of amides is 1. The molecular formula is C16H21ClN2O3. The third-order valence-electron chi connectivity index (χ3n) is 4.55. The summed E-state index contributed by atoms with van der Waals surface area (Å²) in [5.74, 6) is 2.89. The van der Waals surface area contributed by atoms with Gasteiger partial charge in [0, 0.05) is 31.5 Å². The van der Waals surface area contributed by atoms with E-state index in [0.29, 0.717) is 25.0 Å². The molecule has 2 heterocycles. The van der Waals surface area contributed by atoms with Gasteiger partial charge < -0.3 is 20.1 Å². The van der Waals surface area contributed by atoms with Gasteiger partial charge in [-0.05, 0) is 30.0 Å². The molecule has 3 aliphatic rings. The SMILES string of the molecule is Cl.O=C(NCC1CNC1)C1CC1c1ccc2c(c1)OCCO2. The van der Waals surface area contributed by atoms with E-state index in [9.17, 15) is 4.79 Å². The van der Waals surface area contributed by atoms with E-state index in [1.54, 1.807) is 0 Å². The number of rotatable bonds is 4. The van der Waals surface area contributed by atoms with Crippen LogP contribution in [0.5, 0.6) is 11.5 Å². The zero-order chi connectivity index (χ0) is 14.2. The van der Waals surface area contributed by atoms with Crippen LogP contribution in [-0.4, -0.2) is 38.8 Å². The number of fused-ring (bicyclic) bond motifs is 1. The van der Waals surface area contributed by atoms with Gasteiger partial charge in [0.25, 0.3) is 0 Å². The number of benzene rings is 1. The van der Waals surface area contributed by atoms with Crippen LogP contribution in [0, 0.1) is 11.8 Å². The number of halogens is 1. The molecular weight excluding hydrogens is 304 g/mol. The molecule has 22 heavy (non-hydrogen) atoms. The Bertz CT molecular complexity index is 562. The van der Waals surface area contributed by atoms with Crippen LogP contribution in [-0.2, 0) is 4.79 Å². The summed E-state index contributed by atoms with van der Waals surface area (Å²) < 4.78 is 11.1. The molecule has 1 aromatic carbocycles. The Kier molecular flexibility index (Phi) is 4.45. The van der Waals surface area contributed by atoms with Crippen molar-refractivity contribution >= 4 is 18.3 Å². The van der Waals surface area contributed by atoms with Crippen molar-refractivity contribution in [3.63, 3.8) is 0 Å². The van der Waals surface area contributed by atoms with Crippen molar-refractivity contribution in [1.82, 2.24) is 10.6 Å². The number of hydrogen-bond acceptors (Lipinski definition) is 4. The van der Waals surface area contributed by atoms with Gasteiger partial charge in [0.2, 0.25) is 5.91 Å². The zero-order valence-corrected chi connectivity index (χ0v) is 13.2. The summed E-state index contributed by atoms with van der Waals surface area (Å²) in [5, 5.41) is 6.29. The van der Waals surface area contributed by atoms with Crippen molar-refractivity contribution in [1.29, 1.82) is 0 Å². The average Bonchev–Trinajstić information content (AvgIpc) is 3.25. The van der Waals surface area contributed by atoms with Crippen LogP contribution in [0.3, 0.4) is 0 Å². The quantitative estimate of drug-likeness (QED) is 0.877. The van der Waals surface area contributed by atoms with E-state index in [1.807, 2.05) is 12.1 Å². The van der Waals surface area contributed by atoms with E-state index in [2.05, 4.69) is 16.7 Å². The Labute approximate surface area is 136 Å². The maximum absolute atomic E-state index is 12.1. The monoisotopic (exact) mass is 324 g/mol. The first-order valence-corrected chi connectivity index (χ1v) is 7.69. The van der Waals surface area contributed by atoms with Crippen molar-refractivity contribution < 1.29 is 14.3 Å². The summed E-state index contributed by atoms with van der Waals surface area (Å²) in [6.07, 6.45) is 0.939. The lowest BCUT2D eigenvalue weighted by molar-refractivity contribution is -0.122. The van der Waals surface area contributed by atoms with E-state index < -0.39 is 0 Å². The maximum Gasteiger partial charge on any atom is 0.223 e. The average molecular weight is 325 g/mol. The highest BCUT2D eigenvalue weighted by Crippen LogP contribution is 2.49. The minimum absolute atomic E-state index is 0. The number of ether oxygens (including phenoxy) is 2. The highest BCUT2D eigenvalue weighted by Gasteiger charge is 2.44. The summed E-state index contributed by atoms with van der Waals surface area (Å²) in [6.45, 7) is 4.06. The summed E-state index contributed by atoms with van der Waals surface area (Å²) in [6, 6.07) is 6.04. The largest absolute Gasteiger partial charge is 0.486 e. The van der Waals surface area contributed by atoms with Crippen LogP contribution in [0.25, 0.3) is 0 Å². The molecule has 0 aromatic heterocycles. The summed E-state index contributed by atoms with van der Waals surface area (Å²) in [4.78, 5) is 12.1. The van der Waals surface area contributed by atoms with Crippen LogP contribution < -0.4 is 20.1 Å². The van der Waals surface area contributed by atoms with Gasteiger partial charge in [0.1, 0.15) is 13.2 Å². The predicted molar refractivity (Wildman–Crippen MR) is 84.9 cm³/mol. The molecule has 0 bridgehead atoms. The lowest BCUT2D eigenvalue weighted by Gasteiger charge is -2.27. The standard InChI is InChI=1S/C16H20N2O3.ClH/c19-16(18-9-10-7-17-8-10)13-6-12(13)11-1-2-14-15(5-11)21-4-3-20-14;/h1-2,5,10,12-13,17H,3-4,6-9H2,(H,18,19);1H. The predicted octanol–water partition coefficient (Wildman–Crippen LogP) is 1.32. The zero-order valence-electron chi connectivity index (χ0n) is 12.3. The molecule has 5 nitrogen and oxygen atoms in total. The summed E-state index contributed by atoms with van der Waals surface area (Å²) in [5.41, 5.74) is 1.18. The van der Waals surface area contributed by atoms with Gasteiger partial charge in [0.15, 0.2) is 11.5 Å². The van der Waals surface area contributed by atoms with E-state index in [4.69, 9.17) is 9.47 Å². The second-order valence-corrected chi connectivity index (χ2v) is 6.12. The number of carbonyl (C=O) groups excluding carboxylic acids is 1. The lowest BCUT2D eigenvalue weighted by Crippen LogP contribution is -2.48. The second-order valence-electron chi connectivity index (χ2n) is 6.12.